The highest BCUT2D eigenvalue weighted by Crippen LogP contribution is 2.23. The Kier molecular flexibility index (Phi) is 4.78. The van der Waals surface area contributed by atoms with Crippen molar-refractivity contribution in [3.05, 3.63) is 36.0 Å². The second kappa shape index (κ2) is 6.37. The molecule has 0 unspecified atom stereocenters. The normalized spacial score (nSPS) is 14.3. The quantitative estimate of drug-likeness (QED) is 0.920. The third-order valence-corrected chi connectivity index (χ3v) is 3.34. The van der Waals surface area contributed by atoms with E-state index >= 15 is 0 Å². The van der Waals surface area contributed by atoms with Gasteiger partial charge in [0.2, 0.25) is 0 Å². The van der Waals surface area contributed by atoms with Crippen molar-refractivity contribution in [2.24, 2.45) is 0 Å². The topological polar surface area (TPSA) is 42.7 Å². The van der Waals surface area contributed by atoms with Gasteiger partial charge in [0.05, 0.1) is 6.04 Å². The molecule has 5 heteroatoms. The first-order valence-electron chi connectivity index (χ1n) is 6.98. The molecule has 4 nitrogen and oxygen atoms in total. The fourth-order valence-corrected chi connectivity index (χ4v) is 2.05. The minimum Gasteiger partial charge on any atom is -0.308 e. The number of nitrogens with one attached hydrogen (secondary N) is 1. The molecule has 0 atom stereocenters. The molecule has 1 aromatic heterocycles. The van der Waals surface area contributed by atoms with Crippen LogP contribution in [-0.2, 0) is 6.54 Å². The maximum absolute atomic E-state index is 4.64. The lowest BCUT2D eigenvalue weighted by molar-refractivity contribution is 0.461. The lowest BCUT2D eigenvalue weighted by Crippen LogP contribution is -2.16. The van der Waals surface area contributed by atoms with Crippen LogP contribution < -0.4 is 5.32 Å². The Balaban J connectivity index is 0.00000147. The Morgan fingerprint density at radius 1 is 1.20 bits per heavy atom. The molecule has 1 saturated carbocycles. The molecule has 108 valence electrons. The van der Waals surface area contributed by atoms with Crippen molar-refractivity contribution in [3.8, 4) is 11.3 Å². The number of hydrogen-bond acceptors (Lipinski definition) is 3. The predicted octanol–water partition coefficient (Wildman–Crippen LogP) is 3.20. The van der Waals surface area contributed by atoms with E-state index in [1.165, 1.54) is 12.8 Å². The molecule has 0 aliphatic heterocycles. The Labute approximate surface area is 126 Å². The molecule has 1 heterocycles. The molecule has 2 aromatic rings. The average Bonchev–Trinajstić information content (AvgIpc) is 3.15. The van der Waals surface area contributed by atoms with Gasteiger partial charge in [-0.25, -0.2) is 0 Å². The maximum Gasteiger partial charge on any atom is 0.117 e. The molecule has 0 bridgehead atoms. The fraction of sp³-hybridized carbons (Fsp3) is 0.467. The maximum atomic E-state index is 4.64. The minimum atomic E-state index is 0. The van der Waals surface area contributed by atoms with Crippen LogP contribution in [0.3, 0.4) is 0 Å². The second-order valence-corrected chi connectivity index (χ2v) is 5.43. The molecule has 1 aliphatic carbocycles. The summed E-state index contributed by atoms with van der Waals surface area (Å²) in [4.78, 5) is 1.81. The van der Waals surface area contributed by atoms with E-state index in [1.54, 1.807) is 0 Å². The molecule has 0 radical (unpaired) electrons. The highest BCUT2D eigenvalue weighted by Gasteiger charge is 2.22. The first-order chi connectivity index (χ1) is 9.24. The van der Waals surface area contributed by atoms with Gasteiger partial charge in [0, 0.05) is 18.2 Å². The Morgan fingerprint density at radius 2 is 1.90 bits per heavy atom. The molecule has 3 rings (SSSR count). The lowest BCUT2D eigenvalue weighted by Gasteiger charge is -2.01. The Morgan fingerprint density at radius 3 is 2.50 bits per heavy atom. The summed E-state index contributed by atoms with van der Waals surface area (Å²) < 4.78 is 0. The summed E-state index contributed by atoms with van der Waals surface area (Å²) >= 11 is 0. The van der Waals surface area contributed by atoms with Gasteiger partial charge < -0.3 is 5.32 Å². The van der Waals surface area contributed by atoms with Crippen molar-refractivity contribution in [3.63, 3.8) is 0 Å². The predicted molar refractivity (Wildman–Crippen MR) is 83.0 cm³/mol. The number of hydrogen-bond donors (Lipinski definition) is 1. The summed E-state index contributed by atoms with van der Waals surface area (Å²) in [5, 5.41) is 12.8. The third-order valence-electron chi connectivity index (χ3n) is 3.34. The number of rotatable bonds is 5. The number of aromatic nitrogens is 3. The zero-order valence-corrected chi connectivity index (χ0v) is 12.7. The van der Waals surface area contributed by atoms with E-state index < -0.39 is 0 Å². The fourth-order valence-electron chi connectivity index (χ4n) is 2.05. The molecule has 0 amide bonds. The van der Waals surface area contributed by atoms with Crippen LogP contribution in [0.15, 0.2) is 30.3 Å². The number of benzene rings is 1. The van der Waals surface area contributed by atoms with Crippen molar-refractivity contribution < 1.29 is 0 Å². The van der Waals surface area contributed by atoms with Crippen LogP contribution >= 0.6 is 12.4 Å². The first-order valence-corrected chi connectivity index (χ1v) is 6.98. The van der Waals surface area contributed by atoms with Gasteiger partial charge >= 0.3 is 0 Å². The molecule has 1 fully saturated rings. The van der Waals surface area contributed by atoms with Crippen LogP contribution in [0.5, 0.6) is 0 Å². The van der Waals surface area contributed by atoms with Crippen molar-refractivity contribution in [1.82, 2.24) is 20.3 Å². The summed E-state index contributed by atoms with van der Waals surface area (Å²) in [6.07, 6.45) is 2.58. The zero-order valence-electron chi connectivity index (χ0n) is 11.9. The molecule has 1 aliphatic rings. The molecular formula is C15H21ClN4. The Bertz CT molecular complexity index is 546. The molecule has 20 heavy (non-hydrogen) atoms. The summed E-state index contributed by atoms with van der Waals surface area (Å²) in [5.41, 5.74) is 3.19. The zero-order chi connectivity index (χ0) is 13.2. The lowest BCUT2D eigenvalue weighted by atomic mass is 10.1. The van der Waals surface area contributed by atoms with E-state index in [9.17, 15) is 0 Å². The van der Waals surface area contributed by atoms with Crippen LogP contribution in [0.4, 0.5) is 0 Å². The highest BCUT2D eigenvalue weighted by molar-refractivity contribution is 5.85. The van der Waals surface area contributed by atoms with Gasteiger partial charge in [-0.1, -0.05) is 30.3 Å². The van der Waals surface area contributed by atoms with Crippen LogP contribution in [0, 0.1) is 0 Å². The van der Waals surface area contributed by atoms with Gasteiger partial charge in [-0.15, -0.1) is 12.4 Å². The summed E-state index contributed by atoms with van der Waals surface area (Å²) in [7, 11) is 0. The van der Waals surface area contributed by atoms with Gasteiger partial charge in [-0.05, 0) is 26.7 Å². The van der Waals surface area contributed by atoms with E-state index in [2.05, 4.69) is 41.5 Å². The van der Waals surface area contributed by atoms with Gasteiger partial charge in [0.1, 0.15) is 11.4 Å². The standard InChI is InChI=1S/C15H20N4.ClH/c1-11(2)19-17-14(10-16-13-8-9-13)15(18-19)12-6-4-3-5-7-12;/h3-7,11,13,16H,8-10H2,1-2H3;1H. The number of nitrogens with zero attached hydrogens (tertiary/aromatic N) is 3. The first kappa shape index (κ1) is 15.0. The van der Waals surface area contributed by atoms with Gasteiger partial charge in [-0.2, -0.15) is 15.0 Å². The van der Waals surface area contributed by atoms with Crippen molar-refractivity contribution in [2.45, 2.75) is 45.3 Å². The van der Waals surface area contributed by atoms with Crippen LogP contribution in [0.25, 0.3) is 11.3 Å². The van der Waals surface area contributed by atoms with Gasteiger partial charge in [-0.3, -0.25) is 0 Å². The third kappa shape index (κ3) is 3.38. The summed E-state index contributed by atoms with van der Waals surface area (Å²) in [5.74, 6) is 0. The van der Waals surface area contributed by atoms with Gasteiger partial charge in [0.25, 0.3) is 0 Å². The van der Waals surface area contributed by atoms with E-state index in [1.807, 2.05) is 23.0 Å². The SMILES string of the molecule is CC(C)n1nc(CNC2CC2)c(-c2ccccc2)n1.Cl. The van der Waals surface area contributed by atoms with Crippen LogP contribution in [0.2, 0.25) is 0 Å². The van der Waals surface area contributed by atoms with E-state index in [0.29, 0.717) is 6.04 Å². The van der Waals surface area contributed by atoms with Crippen molar-refractivity contribution in [2.75, 3.05) is 0 Å². The summed E-state index contributed by atoms with van der Waals surface area (Å²) in [6.45, 7) is 5.02. The van der Waals surface area contributed by atoms with E-state index in [-0.39, 0.29) is 18.4 Å². The van der Waals surface area contributed by atoms with Crippen LogP contribution in [-0.4, -0.2) is 21.0 Å². The minimum absolute atomic E-state index is 0. The molecular weight excluding hydrogens is 272 g/mol. The second-order valence-electron chi connectivity index (χ2n) is 5.43. The monoisotopic (exact) mass is 292 g/mol. The molecule has 1 aromatic carbocycles. The Hall–Kier alpha value is -1.39. The largest absolute Gasteiger partial charge is 0.308 e. The summed E-state index contributed by atoms with van der Waals surface area (Å²) in [6, 6.07) is 11.3. The van der Waals surface area contributed by atoms with Crippen molar-refractivity contribution in [1.29, 1.82) is 0 Å². The molecule has 0 spiro atoms. The number of halogens is 1. The highest BCUT2D eigenvalue weighted by atomic mass is 35.5. The molecule has 1 N–H and O–H groups in total. The smallest absolute Gasteiger partial charge is 0.117 e. The van der Waals surface area contributed by atoms with E-state index in [4.69, 9.17) is 0 Å². The van der Waals surface area contributed by atoms with Crippen LogP contribution in [0.1, 0.15) is 38.4 Å². The van der Waals surface area contributed by atoms with Gasteiger partial charge in [0.15, 0.2) is 0 Å². The van der Waals surface area contributed by atoms with Crippen molar-refractivity contribution >= 4 is 12.4 Å². The molecule has 0 saturated heterocycles. The van der Waals surface area contributed by atoms with E-state index in [0.717, 1.165) is 23.5 Å². The average molecular weight is 293 g/mol.